The van der Waals surface area contributed by atoms with Crippen LogP contribution in [-0.4, -0.2) is 15.9 Å². The van der Waals surface area contributed by atoms with Crippen molar-refractivity contribution in [1.29, 1.82) is 0 Å². The van der Waals surface area contributed by atoms with E-state index in [-0.39, 0.29) is 11.7 Å². The SMILES string of the molecule is Cc1cc(C)cc(C[S@@](=O)CC(=O)NCc2ccco2)c1. The molecule has 1 heterocycles. The maximum absolute atomic E-state index is 12.0. The molecule has 1 amide bonds. The Morgan fingerprint density at radius 2 is 1.95 bits per heavy atom. The molecule has 112 valence electrons. The Balaban J connectivity index is 1.82. The summed E-state index contributed by atoms with van der Waals surface area (Å²) in [6.45, 7) is 4.34. The van der Waals surface area contributed by atoms with E-state index in [0.29, 0.717) is 18.1 Å². The average molecular weight is 305 g/mol. The molecular weight excluding hydrogens is 286 g/mol. The van der Waals surface area contributed by atoms with E-state index in [1.807, 2.05) is 26.0 Å². The first-order valence-corrected chi connectivity index (χ1v) is 8.23. The molecule has 0 unspecified atom stereocenters. The van der Waals surface area contributed by atoms with E-state index in [9.17, 15) is 9.00 Å². The van der Waals surface area contributed by atoms with Crippen molar-refractivity contribution >= 4 is 16.7 Å². The minimum absolute atomic E-state index is 0.00764. The fraction of sp³-hybridized carbons (Fsp3) is 0.312. The first-order valence-electron chi connectivity index (χ1n) is 6.74. The molecule has 0 saturated carbocycles. The molecule has 0 fully saturated rings. The van der Waals surface area contributed by atoms with Crippen molar-refractivity contribution in [1.82, 2.24) is 5.32 Å². The number of furan rings is 1. The molecule has 0 radical (unpaired) electrons. The van der Waals surface area contributed by atoms with Gasteiger partial charge in [-0.25, -0.2) is 0 Å². The van der Waals surface area contributed by atoms with Gasteiger partial charge < -0.3 is 9.73 Å². The standard InChI is InChI=1S/C16H19NO3S/c1-12-6-13(2)8-14(7-12)10-21(19)11-16(18)17-9-15-4-3-5-20-15/h3-8H,9-11H2,1-2H3,(H,17,18)/t21-/m1/s1. The number of carbonyl (C=O) groups is 1. The van der Waals surface area contributed by atoms with Crippen molar-refractivity contribution < 1.29 is 13.4 Å². The molecule has 1 atom stereocenters. The normalized spacial score (nSPS) is 12.1. The van der Waals surface area contributed by atoms with E-state index in [1.54, 1.807) is 18.4 Å². The van der Waals surface area contributed by atoms with Crippen LogP contribution in [0.3, 0.4) is 0 Å². The molecular formula is C16H19NO3S. The number of nitrogens with one attached hydrogen (secondary N) is 1. The van der Waals surface area contributed by atoms with Crippen molar-refractivity contribution in [2.75, 3.05) is 5.75 Å². The van der Waals surface area contributed by atoms with Gasteiger partial charge in [0.15, 0.2) is 0 Å². The van der Waals surface area contributed by atoms with E-state index in [0.717, 1.165) is 16.7 Å². The summed E-state index contributed by atoms with van der Waals surface area (Å²) in [6.07, 6.45) is 1.56. The molecule has 2 aromatic rings. The van der Waals surface area contributed by atoms with Crippen molar-refractivity contribution in [2.24, 2.45) is 0 Å². The van der Waals surface area contributed by atoms with Gasteiger partial charge in [-0.2, -0.15) is 0 Å². The Kier molecular flexibility index (Phi) is 5.33. The number of hydrogen-bond acceptors (Lipinski definition) is 3. The van der Waals surface area contributed by atoms with Gasteiger partial charge in [0.1, 0.15) is 11.5 Å². The molecule has 21 heavy (non-hydrogen) atoms. The van der Waals surface area contributed by atoms with Gasteiger partial charge in [0, 0.05) is 16.6 Å². The highest BCUT2D eigenvalue weighted by Crippen LogP contribution is 2.11. The van der Waals surface area contributed by atoms with Crippen LogP contribution < -0.4 is 5.32 Å². The zero-order valence-electron chi connectivity index (χ0n) is 12.2. The average Bonchev–Trinajstić information content (AvgIpc) is 2.87. The van der Waals surface area contributed by atoms with Gasteiger partial charge in [0.05, 0.1) is 12.8 Å². The first-order chi connectivity index (χ1) is 10.0. The molecule has 1 N–H and O–H groups in total. The lowest BCUT2D eigenvalue weighted by molar-refractivity contribution is -0.118. The van der Waals surface area contributed by atoms with Gasteiger partial charge in [0.25, 0.3) is 0 Å². The van der Waals surface area contributed by atoms with E-state index in [1.165, 1.54) is 0 Å². The second kappa shape index (κ2) is 7.22. The Morgan fingerprint density at radius 3 is 2.57 bits per heavy atom. The van der Waals surface area contributed by atoms with Crippen LogP contribution in [0.2, 0.25) is 0 Å². The minimum Gasteiger partial charge on any atom is -0.467 e. The molecule has 1 aromatic carbocycles. The van der Waals surface area contributed by atoms with Crippen molar-refractivity contribution in [3.05, 3.63) is 59.0 Å². The molecule has 4 nitrogen and oxygen atoms in total. The zero-order chi connectivity index (χ0) is 15.2. The lowest BCUT2D eigenvalue weighted by Crippen LogP contribution is -2.28. The summed E-state index contributed by atoms with van der Waals surface area (Å²) in [7, 11) is -1.21. The van der Waals surface area contributed by atoms with Gasteiger partial charge >= 0.3 is 0 Å². The van der Waals surface area contributed by atoms with E-state index in [4.69, 9.17) is 4.42 Å². The fourth-order valence-corrected chi connectivity index (χ4v) is 3.22. The van der Waals surface area contributed by atoms with Crippen LogP contribution in [0.5, 0.6) is 0 Å². The summed E-state index contributed by atoms with van der Waals surface area (Å²) in [4.78, 5) is 11.7. The van der Waals surface area contributed by atoms with Gasteiger partial charge in [-0.3, -0.25) is 9.00 Å². The summed E-state index contributed by atoms with van der Waals surface area (Å²) in [5.74, 6) is 0.863. The van der Waals surface area contributed by atoms with Crippen LogP contribution in [-0.2, 0) is 27.9 Å². The number of rotatable bonds is 6. The Hall–Kier alpha value is -1.88. The van der Waals surface area contributed by atoms with E-state index in [2.05, 4.69) is 11.4 Å². The highest BCUT2D eigenvalue weighted by molar-refractivity contribution is 7.84. The predicted molar refractivity (Wildman–Crippen MR) is 83.2 cm³/mol. The van der Waals surface area contributed by atoms with Gasteiger partial charge in [-0.05, 0) is 31.5 Å². The number of benzene rings is 1. The lowest BCUT2D eigenvalue weighted by Gasteiger charge is -2.06. The summed E-state index contributed by atoms with van der Waals surface area (Å²) in [5.41, 5.74) is 3.29. The molecule has 0 aliphatic rings. The number of hydrogen-bond donors (Lipinski definition) is 1. The van der Waals surface area contributed by atoms with Crippen molar-refractivity contribution in [2.45, 2.75) is 26.1 Å². The maximum Gasteiger partial charge on any atom is 0.233 e. The Labute approximate surface area is 127 Å². The fourth-order valence-electron chi connectivity index (χ4n) is 2.19. The zero-order valence-corrected chi connectivity index (χ0v) is 13.0. The highest BCUT2D eigenvalue weighted by Gasteiger charge is 2.09. The van der Waals surface area contributed by atoms with Crippen molar-refractivity contribution in [3.63, 3.8) is 0 Å². The summed E-state index contributed by atoms with van der Waals surface area (Å²) in [6, 6.07) is 9.63. The first kappa shape index (κ1) is 15.5. The summed E-state index contributed by atoms with van der Waals surface area (Å²) in [5, 5.41) is 2.70. The Morgan fingerprint density at radius 1 is 1.24 bits per heavy atom. The van der Waals surface area contributed by atoms with Crippen LogP contribution in [0, 0.1) is 13.8 Å². The van der Waals surface area contributed by atoms with Crippen LogP contribution in [0.25, 0.3) is 0 Å². The molecule has 5 heteroatoms. The predicted octanol–water partition coefficient (Wildman–Crippen LogP) is 2.46. The van der Waals surface area contributed by atoms with E-state index >= 15 is 0 Å². The molecule has 0 aliphatic carbocycles. The van der Waals surface area contributed by atoms with E-state index < -0.39 is 10.8 Å². The largest absolute Gasteiger partial charge is 0.467 e. The second-order valence-corrected chi connectivity index (χ2v) is 6.54. The Bertz CT molecular complexity index is 615. The third-order valence-electron chi connectivity index (χ3n) is 2.94. The van der Waals surface area contributed by atoms with Crippen LogP contribution >= 0.6 is 0 Å². The monoisotopic (exact) mass is 305 g/mol. The maximum atomic E-state index is 12.0. The second-order valence-electron chi connectivity index (χ2n) is 5.08. The molecule has 0 aliphatic heterocycles. The highest BCUT2D eigenvalue weighted by atomic mass is 32.2. The van der Waals surface area contributed by atoms with Gasteiger partial charge in [0.2, 0.25) is 5.91 Å². The molecule has 1 aromatic heterocycles. The molecule has 0 bridgehead atoms. The molecule has 0 saturated heterocycles. The van der Waals surface area contributed by atoms with Crippen LogP contribution in [0.15, 0.2) is 41.0 Å². The minimum atomic E-state index is -1.21. The summed E-state index contributed by atoms with van der Waals surface area (Å²) < 4.78 is 17.2. The smallest absolute Gasteiger partial charge is 0.233 e. The summed E-state index contributed by atoms with van der Waals surface area (Å²) >= 11 is 0. The van der Waals surface area contributed by atoms with Gasteiger partial charge in [-0.1, -0.05) is 29.3 Å². The quantitative estimate of drug-likeness (QED) is 0.892. The topological polar surface area (TPSA) is 59.3 Å². The molecule has 2 rings (SSSR count). The number of carbonyl (C=O) groups excluding carboxylic acids is 1. The number of amides is 1. The lowest BCUT2D eigenvalue weighted by atomic mass is 10.1. The third kappa shape index (κ3) is 5.19. The third-order valence-corrected chi connectivity index (χ3v) is 4.18. The number of aryl methyl sites for hydroxylation is 2. The van der Waals surface area contributed by atoms with Gasteiger partial charge in [-0.15, -0.1) is 0 Å². The van der Waals surface area contributed by atoms with Crippen LogP contribution in [0.1, 0.15) is 22.5 Å². The molecule has 0 spiro atoms. The van der Waals surface area contributed by atoms with Crippen molar-refractivity contribution in [3.8, 4) is 0 Å². The van der Waals surface area contributed by atoms with Crippen LogP contribution in [0.4, 0.5) is 0 Å².